The first-order valence-corrected chi connectivity index (χ1v) is 9.24. The van der Waals surface area contributed by atoms with Crippen LogP contribution in [0.3, 0.4) is 0 Å². The van der Waals surface area contributed by atoms with Crippen molar-refractivity contribution in [3.63, 3.8) is 0 Å². The molecule has 1 aliphatic heterocycles. The molecule has 148 valence electrons. The number of fused-ring (bicyclic) bond motifs is 2. The Kier molecular flexibility index (Phi) is 4.62. The molecule has 0 amide bonds. The van der Waals surface area contributed by atoms with Crippen LogP contribution in [0.5, 0.6) is 11.5 Å². The summed E-state index contributed by atoms with van der Waals surface area (Å²) in [5.74, 6) is 0.242. The fraction of sp³-hybridized carbons (Fsp3) is 0.217. The highest BCUT2D eigenvalue weighted by atomic mass is 16.6. The molecule has 3 aromatic rings. The predicted molar refractivity (Wildman–Crippen MR) is 108 cm³/mol. The van der Waals surface area contributed by atoms with E-state index in [1.165, 1.54) is 12.1 Å². The van der Waals surface area contributed by atoms with Gasteiger partial charge < -0.3 is 19.0 Å². The molecule has 2 aromatic carbocycles. The summed E-state index contributed by atoms with van der Waals surface area (Å²) in [7, 11) is 0. The number of esters is 1. The van der Waals surface area contributed by atoms with Crippen LogP contribution in [-0.2, 0) is 16.0 Å². The monoisotopic (exact) mass is 392 g/mol. The van der Waals surface area contributed by atoms with Crippen molar-refractivity contribution < 1.29 is 23.8 Å². The Hall–Kier alpha value is -3.54. The van der Waals surface area contributed by atoms with E-state index in [1.54, 1.807) is 42.5 Å². The highest BCUT2D eigenvalue weighted by Crippen LogP contribution is 2.37. The number of rotatable bonds is 3. The molecule has 0 saturated carbocycles. The predicted octanol–water partition coefficient (Wildman–Crippen LogP) is 3.84. The lowest BCUT2D eigenvalue weighted by Gasteiger charge is -2.39. The molecular formula is C23H20O6. The van der Waals surface area contributed by atoms with Crippen LogP contribution in [0, 0.1) is 0 Å². The van der Waals surface area contributed by atoms with Crippen molar-refractivity contribution in [2.75, 3.05) is 0 Å². The second-order valence-electron chi connectivity index (χ2n) is 7.52. The first-order chi connectivity index (χ1) is 13.8. The van der Waals surface area contributed by atoms with Crippen molar-refractivity contribution in [3.05, 3.63) is 76.2 Å². The van der Waals surface area contributed by atoms with Gasteiger partial charge >= 0.3 is 11.6 Å². The molecule has 29 heavy (non-hydrogen) atoms. The van der Waals surface area contributed by atoms with Gasteiger partial charge in [0.15, 0.2) is 0 Å². The summed E-state index contributed by atoms with van der Waals surface area (Å²) >= 11 is 0. The molecule has 1 N–H and O–H groups in total. The lowest BCUT2D eigenvalue weighted by Crippen LogP contribution is -2.48. The minimum absolute atomic E-state index is 0.127. The fourth-order valence-electron chi connectivity index (χ4n) is 3.35. The topological polar surface area (TPSA) is 86.0 Å². The van der Waals surface area contributed by atoms with E-state index in [9.17, 15) is 14.7 Å². The van der Waals surface area contributed by atoms with Gasteiger partial charge in [0, 0.05) is 30.0 Å². The van der Waals surface area contributed by atoms with Crippen LogP contribution in [0.1, 0.15) is 25.0 Å². The smallest absolute Gasteiger partial charge is 0.336 e. The van der Waals surface area contributed by atoms with E-state index in [0.29, 0.717) is 23.3 Å². The van der Waals surface area contributed by atoms with Gasteiger partial charge in [-0.15, -0.1) is 0 Å². The van der Waals surface area contributed by atoms with Crippen LogP contribution in [0.4, 0.5) is 0 Å². The van der Waals surface area contributed by atoms with E-state index < -0.39 is 23.3 Å². The summed E-state index contributed by atoms with van der Waals surface area (Å²) < 4.78 is 16.9. The number of phenolic OH excluding ortho intramolecular Hbond substituents is 1. The fourth-order valence-corrected chi connectivity index (χ4v) is 3.35. The summed E-state index contributed by atoms with van der Waals surface area (Å²) in [6.45, 7) is 3.69. The summed E-state index contributed by atoms with van der Waals surface area (Å²) in [4.78, 5) is 23.8. The Morgan fingerprint density at radius 1 is 1.21 bits per heavy atom. The Balaban J connectivity index is 1.55. The molecule has 0 unspecified atom stereocenters. The van der Waals surface area contributed by atoms with Gasteiger partial charge in [-0.25, -0.2) is 9.59 Å². The van der Waals surface area contributed by atoms with E-state index in [1.807, 2.05) is 19.9 Å². The molecular weight excluding hydrogens is 372 g/mol. The lowest BCUT2D eigenvalue weighted by molar-refractivity contribution is -0.155. The standard InChI is InChI=1S/C23H20O6/c1-23(2)20(28-22(26)8-6-14-4-3-5-17(24)10-14)12-16-11-15-7-9-21(25)27-18(15)13-19(16)29-23/h3-11,13,20,24H,12H2,1-2H3/b8-6+/t20-/m0/s1. The van der Waals surface area contributed by atoms with Gasteiger partial charge in [0.05, 0.1) is 0 Å². The number of hydrogen-bond donors (Lipinski definition) is 1. The highest BCUT2D eigenvalue weighted by Gasteiger charge is 2.39. The Bertz CT molecular complexity index is 1170. The highest BCUT2D eigenvalue weighted by molar-refractivity contribution is 5.87. The van der Waals surface area contributed by atoms with Crippen molar-refractivity contribution >= 4 is 23.0 Å². The molecule has 0 spiro atoms. The quantitative estimate of drug-likeness (QED) is 0.414. The van der Waals surface area contributed by atoms with Gasteiger partial charge in [0.1, 0.15) is 28.8 Å². The Morgan fingerprint density at radius 2 is 2.03 bits per heavy atom. The normalized spacial score (nSPS) is 17.7. The summed E-state index contributed by atoms with van der Waals surface area (Å²) in [5, 5.41) is 10.3. The molecule has 0 radical (unpaired) electrons. The molecule has 0 bridgehead atoms. The molecule has 0 saturated heterocycles. The maximum atomic E-state index is 12.3. The van der Waals surface area contributed by atoms with Gasteiger partial charge in [-0.2, -0.15) is 0 Å². The minimum Gasteiger partial charge on any atom is -0.508 e. The number of carbonyl (C=O) groups is 1. The maximum absolute atomic E-state index is 12.3. The van der Waals surface area contributed by atoms with Crippen molar-refractivity contribution in [3.8, 4) is 11.5 Å². The van der Waals surface area contributed by atoms with Crippen molar-refractivity contribution in [2.45, 2.75) is 32.0 Å². The number of phenols is 1. The number of carbonyl (C=O) groups excluding carboxylic acids is 1. The first-order valence-electron chi connectivity index (χ1n) is 9.24. The van der Waals surface area contributed by atoms with Crippen LogP contribution >= 0.6 is 0 Å². The molecule has 0 fully saturated rings. The molecule has 4 rings (SSSR count). The van der Waals surface area contributed by atoms with Crippen molar-refractivity contribution in [1.82, 2.24) is 0 Å². The Morgan fingerprint density at radius 3 is 2.83 bits per heavy atom. The van der Waals surface area contributed by atoms with Gasteiger partial charge in [0.25, 0.3) is 0 Å². The van der Waals surface area contributed by atoms with Gasteiger partial charge in [0.2, 0.25) is 0 Å². The minimum atomic E-state index is -0.760. The third-order valence-electron chi connectivity index (χ3n) is 4.90. The molecule has 6 nitrogen and oxygen atoms in total. The Labute approximate surface area is 167 Å². The molecule has 0 aliphatic carbocycles. The van der Waals surface area contributed by atoms with Crippen LogP contribution in [0.25, 0.3) is 17.0 Å². The number of hydrogen-bond acceptors (Lipinski definition) is 6. The average Bonchev–Trinajstić information content (AvgIpc) is 2.65. The zero-order chi connectivity index (χ0) is 20.6. The third-order valence-corrected chi connectivity index (χ3v) is 4.90. The molecule has 2 heterocycles. The first kappa shape index (κ1) is 18.8. The van der Waals surface area contributed by atoms with Crippen LogP contribution in [0.15, 0.2) is 63.8 Å². The van der Waals surface area contributed by atoms with Crippen molar-refractivity contribution in [2.24, 2.45) is 0 Å². The molecule has 6 heteroatoms. The number of benzene rings is 2. The van der Waals surface area contributed by atoms with Crippen molar-refractivity contribution in [1.29, 1.82) is 0 Å². The van der Waals surface area contributed by atoms with Gasteiger partial charge in [-0.05, 0) is 55.3 Å². The van der Waals surface area contributed by atoms with E-state index in [2.05, 4.69) is 0 Å². The van der Waals surface area contributed by atoms with Crippen LogP contribution < -0.4 is 10.4 Å². The third kappa shape index (κ3) is 4.01. The average molecular weight is 392 g/mol. The van der Waals surface area contributed by atoms with Crippen LogP contribution in [0.2, 0.25) is 0 Å². The molecule has 1 atom stereocenters. The zero-order valence-corrected chi connectivity index (χ0v) is 16.0. The summed E-state index contributed by atoms with van der Waals surface area (Å²) in [6.07, 6.45) is 2.89. The summed E-state index contributed by atoms with van der Waals surface area (Å²) in [6, 6.07) is 13.2. The molecule has 1 aromatic heterocycles. The molecule has 1 aliphatic rings. The lowest BCUT2D eigenvalue weighted by atomic mass is 9.90. The van der Waals surface area contributed by atoms with Crippen LogP contribution in [-0.4, -0.2) is 22.8 Å². The van der Waals surface area contributed by atoms with E-state index in [4.69, 9.17) is 13.9 Å². The maximum Gasteiger partial charge on any atom is 0.336 e. The SMILES string of the molecule is CC1(C)Oc2cc3oc(=O)ccc3cc2C[C@@H]1OC(=O)/C=C/c1cccc(O)c1. The van der Waals surface area contributed by atoms with Gasteiger partial charge in [-0.1, -0.05) is 12.1 Å². The second kappa shape index (κ2) is 7.13. The number of ether oxygens (including phenoxy) is 2. The zero-order valence-electron chi connectivity index (χ0n) is 16.0. The largest absolute Gasteiger partial charge is 0.508 e. The summed E-state index contributed by atoms with van der Waals surface area (Å²) in [5.41, 5.74) is 0.846. The van der Waals surface area contributed by atoms with E-state index in [0.717, 1.165) is 10.9 Å². The number of aromatic hydroxyl groups is 1. The van der Waals surface area contributed by atoms with E-state index in [-0.39, 0.29) is 5.75 Å². The second-order valence-corrected chi connectivity index (χ2v) is 7.52. The van der Waals surface area contributed by atoms with E-state index >= 15 is 0 Å². The van der Waals surface area contributed by atoms with Gasteiger partial charge in [-0.3, -0.25) is 0 Å².